The molecular formula is C17H15NO4. The predicted molar refractivity (Wildman–Crippen MR) is 83.0 cm³/mol. The second-order valence-corrected chi connectivity index (χ2v) is 4.75. The van der Waals surface area contributed by atoms with Crippen LogP contribution in [0.2, 0.25) is 0 Å². The lowest BCUT2D eigenvalue weighted by atomic mass is 10.0. The number of ketones is 1. The summed E-state index contributed by atoms with van der Waals surface area (Å²) in [5.41, 5.74) is 7.34. The van der Waals surface area contributed by atoms with Crippen molar-refractivity contribution >= 4 is 22.6 Å². The van der Waals surface area contributed by atoms with Crippen LogP contribution in [0.5, 0.6) is 5.75 Å². The molecule has 3 aromatic rings. The van der Waals surface area contributed by atoms with Crippen LogP contribution in [0, 0.1) is 0 Å². The molecule has 5 nitrogen and oxygen atoms in total. The average molecular weight is 297 g/mol. The zero-order chi connectivity index (χ0) is 15.5. The van der Waals surface area contributed by atoms with Crippen molar-refractivity contribution in [2.24, 2.45) is 0 Å². The summed E-state index contributed by atoms with van der Waals surface area (Å²) < 4.78 is 15.7. The minimum absolute atomic E-state index is 0.104. The minimum Gasteiger partial charge on any atom is -0.468 e. The van der Waals surface area contributed by atoms with Gasteiger partial charge in [0.2, 0.25) is 5.88 Å². The first-order valence-corrected chi connectivity index (χ1v) is 6.74. The van der Waals surface area contributed by atoms with Crippen molar-refractivity contribution in [3.8, 4) is 5.75 Å². The number of furan rings is 1. The van der Waals surface area contributed by atoms with Gasteiger partial charge in [0.25, 0.3) is 0 Å². The molecule has 0 saturated carbocycles. The van der Waals surface area contributed by atoms with Gasteiger partial charge < -0.3 is 19.6 Å². The summed E-state index contributed by atoms with van der Waals surface area (Å²) >= 11 is 0. The van der Waals surface area contributed by atoms with Gasteiger partial charge in [-0.3, -0.25) is 4.79 Å². The third kappa shape index (κ3) is 2.54. The van der Waals surface area contributed by atoms with Crippen molar-refractivity contribution in [3.63, 3.8) is 0 Å². The Morgan fingerprint density at radius 1 is 1.18 bits per heavy atom. The lowest BCUT2D eigenvalue weighted by Gasteiger charge is -2.04. The van der Waals surface area contributed by atoms with Crippen molar-refractivity contribution in [2.45, 2.75) is 0 Å². The fourth-order valence-corrected chi connectivity index (χ4v) is 2.28. The summed E-state index contributed by atoms with van der Waals surface area (Å²) in [5, 5.41) is 0.625. The number of carbonyl (C=O) groups is 1. The number of fused-ring (bicyclic) bond motifs is 1. The van der Waals surface area contributed by atoms with Crippen LogP contribution in [0.25, 0.3) is 11.0 Å². The molecule has 1 aromatic heterocycles. The van der Waals surface area contributed by atoms with Crippen molar-refractivity contribution in [1.29, 1.82) is 0 Å². The van der Waals surface area contributed by atoms with E-state index < -0.39 is 0 Å². The van der Waals surface area contributed by atoms with E-state index in [1.807, 2.05) is 6.07 Å². The Hall–Kier alpha value is -2.79. The molecular weight excluding hydrogens is 282 g/mol. The Balaban J connectivity index is 2.08. The fraction of sp³-hybridized carbons (Fsp3) is 0.118. The molecule has 5 heteroatoms. The van der Waals surface area contributed by atoms with E-state index in [1.54, 1.807) is 49.6 Å². The number of hydrogen-bond acceptors (Lipinski definition) is 5. The Labute approximate surface area is 127 Å². The maximum absolute atomic E-state index is 12.7. The molecule has 0 spiro atoms. The Morgan fingerprint density at radius 2 is 1.95 bits per heavy atom. The van der Waals surface area contributed by atoms with Crippen LogP contribution in [0.1, 0.15) is 15.9 Å². The summed E-state index contributed by atoms with van der Waals surface area (Å²) in [6, 6.07) is 14.1. The average Bonchev–Trinajstić information content (AvgIpc) is 2.88. The van der Waals surface area contributed by atoms with Crippen LogP contribution in [-0.2, 0) is 4.74 Å². The number of nitrogens with two attached hydrogens (primary N) is 1. The fourth-order valence-electron chi connectivity index (χ4n) is 2.28. The first-order chi connectivity index (χ1) is 10.7. The molecule has 2 aromatic carbocycles. The van der Waals surface area contributed by atoms with E-state index in [4.69, 9.17) is 19.6 Å². The molecule has 0 bridgehead atoms. The third-order valence-electron chi connectivity index (χ3n) is 3.29. The van der Waals surface area contributed by atoms with E-state index in [1.165, 1.54) is 0 Å². The predicted octanol–water partition coefficient (Wildman–Crippen LogP) is 3.23. The molecule has 0 aliphatic rings. The zero-order valence-electron chi connectivity index (χ0n) is 12.0. The standard InChI is InChI=1S/C17H15NO4/c1-20-10-21-12-7-8-14-13(9-12)15(17(18)22-14)16(19)11-5-3-2-4-6-11/h2-9H,10,18H2,1H3. The molecule has 1 heterocycles. The van der Waals surface area contributed by atoms with Gasteiger partial charge in [0, 0.05) is 18.1 Å². The molecule has 0 amide bonds. The van der Waals surface area contributed by atoms with Crippen LogP contribution < -0.4 is 10.5 Å². The monoisotopic (exact) mass is 297 g/mol. The summed E-state index contributed by atoms with van der Waals surface area (Å²) in [6.45, 7) is 0.126. The van der Waals surface area contributed by atoms with Crippen LogP contribution in [0.4, 0.5) is 5.88 Å². The van der Waals surface area contributed by atoms with Crippen molar-refractivity contribution < 1.29 is 18.7 Å². The quantitative estimate of drug-likeness (QED) is 0.578. The molecule has 0 fully saturated rings. The molecule has 0 unspecified atom stereocenters. The molecule has 0 aliphatic carbocycles. The smallest absolute Gasteiger partial charge is 0.202 e. The summed E-state index contributed by atoms with van der Waals surface area (Å²) in [7, 11) is 1.54. The number of anilines is 1. The highest BCUT2D eigenvalue weighted by atomic mass is 16.7. The van der Waals surface area contributed by atoms with Gasteiger partial charge in [0.15, 0.2) is 12.6 Å². The first-order valence-electron chi connectivity index (χ1n) is 6.74. The van der Waals surface area contributed by atoms with E-state index in [0.717, 1.165) is 0 Å². The molecule has 0 radical (unpaired) electrons. The van der Waals surface area contributed by atoms with Crippen molar-refractivity contribution in [3.05, 3.63) is 59.7 Å². The SMILES string of the molecule is COCOc1ccc2oc(N)c(C(=O)c3ccccc3)c2c1. The van der Waals surface area contributed by atoms with Crippen LogP contribution >= 0.6 is 0 Å². The molecule has 0 saturated heterocycles. The van der Waals surface area contributed by atoms with Gasteiger partial charge in [-0.15, -0.1) is 0 Å². The largest absolute Gasteiger partial charge is 0.468 e. The van der Waals surface area contributed by atoms with Gasteiger partial charge in [0.1, 0.15) is 11.3 Å². The maximum Gasteiger partial charge on any atom is 0.202 e. The summed E-state index contributed by atoms with van der Waals surface area (Å²) in [5.74, 6) is 0.505. The number of methoxy groups -OCH3 is 1. The highest BCUT2D eigenvalue weighted by Crippen LogP contribution is 2.32. The van der Waals surface area contributed by atoms with Gasteiger partial charge in [-0.2, -0.15) is 0 Å². The van der Waals surface area contributed by atoms with Gasteiger partial charge in [-0.1, -0.05) is 30.3 Å². The second kappa shape index (κ2) is 5.91. The molecule has 112 valence electrons. The summed E-state index contributed by atoms with van der Waals surface area (Å²) in [6.07, 6.45) is 0. The van der Waals surface area contributed by atoms with Gasteiger partial charge in [0.05, 0.1) is 5.56 Å². The number of benzene rings is 2. The molecule has 2 N–H and O–H groups in total. The second-order valence-electron chi connectivity index (χ2n) is 4.75. The highest BCUT2D eigenvalue weighted by Gasteiger charge is 2.20. The topological polar surface area (TPSA) is 74.7 Å². The molecule has 22 heavy (non-hydrogen) atoms. The normalized spacial score (nSPS) is 10.8. The Bertz CT molecular complexity index is 808. The van der Waals surface area contributed by atoms with E-state index >= 15 is 0 Å². The molecule has 0 aliphatic heterocycles. The highest BCUT2D eigenvalue weighted by molar-refractivity contribution is 6.19. The number of ether oxygens (including phenoxy) is 2. The van der Waals surface area contributed by atoms with E-state index in [2.05, 4.69) is 0 Å². The first kappa shape index (κ1) is 14.2. The lowest BCUT2D eigenvalue weighted by Crippen LogP contribution is -2.03. The minimum atomic E-state index is -0.180. The van der Waals surface area contributed by atoms with Gasteiger partial charge in [-0.05, 0) is 18.2 Å². The lowest BCUT2D eigenvalue weighted by molar-refractivity contribution is 0.0512. The zero-order valence-corrected chi connectivity index (χ0v) is 12.0. The van der Waals surface area contributed by atoms with Crippen LogP contribution in [-0.4, -0.2) is 19.7 Å². The third-order valence-corrected chi connectivity index (χ3v) is 3.29. The molecule has 3 rings (SSSR count). The van der Waals surface area contributed by atoms with E-state index in [-0.39, 0.29) is 18.5 Å². The Morgan fingerprint density at radius 3 is 2.68 bits per heavy atom. The van der Waals surface area contributed by atoms with Gasteiger partial charge >= 0.3 is 0 Å². The number of hydrogen-bond donors (Lipinski definition) is 1. The van der Waals surface area contributed by atoms with Crippen LogP contribution in [0.15, 0.2) is 52.9 Å². The van der Waals surface area contributed by atoms with Crippen molar-refractivity contribution in [1.82, 2.24) is 0 Å². The van der Waals surface area contributed by atoms with E-state index in [9.17, 15) is 4.79 Å². The number of rotatable bonds is 5. The van der Waals surface area contributed by atoms with Gasteiger partial charge in [-0.25, -0.2) is 0 Å². The number of nitrogen functional groups attached to an aromatic ring is 1. The molecule has 0 atom stereocenters. The van der Waals surface area contributed by atoms with Crippen molar-refractivity contribution in [2.75, 3.05) is 19.6 Å². The van der Waals surface area contributed by atoms with E-state index in [0.29, 0.717) is 27.8 Å². The number of carbonyl (C=O) groups excluding carboxylic acids is 1. The summed E-state index contributed by atoms with van der Waals surface area (Å²) in [4.78, 5) is 12.7. The van der Waals surface area contributed by atoms with Crippen LogP contribution in [0.3, 0.4) is 0 Å². The Kier molecular flexibility index (Phi) is 3.80. The maximum atomic E-state index is 12.7.